The molecule has 5 heteroatoms. The van der Waals surface area contributed by atoms with Gasteiger partial charge in [0.15, 0.2) is 0 Å². The minimum atomic E-state index is -3.55. The van der Waals surface area contributed by atoms with Gasteiger partial charge in [0.05, 0.1) is 6.54 Å². The molecule has 1 unspecified atom stereocenters. The molecular weight excluding hydrogens is 321 g/mol. The third-order valence-electron chi connectivity index (χ3n) is 3.65. The number of hydrogen-bond donors (Lipinski definition) is 0. The fraction of sp³-hybridized carbons (Fsp3) is 0.263. The zero-order valence-electron chi connectivity index (χ0n) is 14.0. The van der Waals surface area contributed by atoms with E-state index in [9.17, 15) is 4.57 Å². The van der Waals surface area contributed by atoms with Crippen LogP contribution in [0, 0.1) is 12.3 Å². The molecule has 2 aromatic carbocycles. The van der Waals surface area contributed by atoms with Gasteiger partial charge < -0.3 is 4.52 Å². The lowest BCUT2D eigenvalue weighted by molar-refractivity contribution is 0.226. The van der Waals surface area contributed by atoms with Gasteiger partial charge >= 0.3 is 7.75 Å². The molecule has 0 radical (unpaired) electrons. The zero-order valence-corrected chi connectivity index (χ0v) is 14.9. The van der Waals surface area contributed by atoms with Crippen molar-refractivity contribution in [2.45, 2.75) is 19.4 Å². The van der Waals surface area contributed by atoms with Gasteiger partial charge in [0.1, 0.15) is 5.75 Å². The smallest absolute Gasteiger partial charge is 0.413 e. The summed E-state index contributed by atoms with van der Waals surface area (Å²) in [5.41, 5.74) is 1.13. The maximum Gasteiger partial charge on any atom is 0.462 e. The summed E-state index contributed by atoms with van der Waals surface area (Å²) in [6.45, 7) is 2.14. The molecule has 0 saturated heterocycles. The average molecular weight is 343 g/mol. The highest BCUT2D eigenvalue weighted by Gasteiger charge is 2.37. The van der Waals surface area contributed by atoms with Gasteiger partial charge in [0, 0.05) is 13.2 Å². The fourth-order valence-electron chi connectivity index (χ4n) is 2.45. The van der Waals surface area contributed by atoms with Crippen LogP contribution in [0.15, 0.2) is 60.7 Å². The number of terminal acetylenes is 1. The molecule has 2 rings (SSSR count). The van der Waals surface area contributed by atoms with Crippen LogP contribution in [0.4, 0.5) is 0 Å². The topological polar surface area (TPSA) is 38.8 Å². The van der Waals surface area contributed by atoms with Crippen LogP contribution >= 0.6 is 7.75 Å². The maximum atomic E-state index is 13.3. The Morgan fingerprint density at radius 2 is 1.71 bits per heavy atom. The number of hydrogen-bond acceptors (Lipinski definition) is 3. The second-order valence-corrected chi connectivity index (χ2v) is 7.39. The number of para-hydroxylation sites is 1. The predicted octanol–water partition coefficient (Wildman–Crippen LogP) is 4.39. The molecule has 0 bridgehead atoms. The molecule has 0 aliphatic carbocycles. The number of rotatable bonds is 8. The summed E-state index contributed by atoms with van der Waals surface area (Å²) < 4.78 is 25.8. The normalized spacial score (nSPS) is 14.6. The lowest BCUT2D eigenvalue weighted by Gasteiger charge is -2.32. The van der Waals surface area contributed by atoms with E-state index in [0.717, 1.165) is 5.56 Å². The van der Waals surface area contributed by atoms with Crippen LogP contribution in [0.5, 0.6) is 5.75 Å². The van der Waals surface area contributed by atoms with E-state index in [1.54, 1.807) is 16.8 Å². The summed E-state index contributed by atoms with van der Waals surface area (Å²) in [5, 5.41) is 0. The molecule has 2 atom stereocenters. The van der Waals surface area contributed by atoms with Gasteiger partial charge in [0.25, 0.3) is 0 Å². The van der Waals surface area contributed by atoms with Crippen LogP contribution < -0.4 is 4.52 Å². The summed E-state index contributed by atoms with van der Waals surface area (Å²) in [7, 11) is -2.17. The van der Waals surface area contributed by atoms with Crippen molar-refractivity contribution in [3.8, 4) is 18.1 Å². The Morgan fingerprint density at radius 3 is 2.25 bits per heavy atom. The average Bonchev–Trinajstić information content (AvgIpc) is 2.61. The van der Waals surface area contributed by atoms with E-state index in [2.05, 4.69) is 5.92 Å². The van der Waals surface area contributed by atoms with Crippen molar-refractivity contribution in [3.05, 3.63) is 66.2 Å². The predicted molar refractivity (Wildman–Crippen MR) is 96.8 cm³/mol. The van der Waals surface area contributed by atoms with Crippen molar-refractivity contribution < 1.29 is 13.6 Å². The van der Waals surface area contributed by atoms with E-state index < -0.39 is 7.75 Å². The Balaban J connectivity index is 2.22. The summed E-state index contributed by atoms with van der Waals surface area (Å²) in [4.78, 5) is 0. The van der Waals surface area contributed by atoms with Crippen molar-refractivity contribution in [3.63, 3.8) is 0 Å². The SMILES string of the molecule is C#CCN([C@H](C)Cc1ccccc1)P(=O)(OC)Oc1ccccc1. The Morgan fingerprint density at radius 1 is 1.12 bits per heavy atom. The van der Waals surface area contributed by atoms with E-state index >= 15 is 0 Å². The quantitative estimate of drug-likeness (QED) is 0.526. The number of nitrogens with zero attached hydrogens (tertiary/aromatic N) is 1. The van der Waals surface area contributed by atoms with Crippen LogP contribution in [0.25, 0.3) is 0 Å². The first-order valence-corrected chi connectivity index (χ1v) is 9.23. The molecule has 24 heavy (non-hydrogen) atoms. The van der Waals surface area contributed by atoms with Crippen LogP contribution in [0.3, 0.4) is 0 Å². The first-order valence-electron chi connectivity index (χ1n) is 7.74. The third-order valence-corrected chi connectivity index (χ3v) is 5.71. The monoisotopic (exact) mass is 343 g/mol. The standard InChI is InChI=1S/C19H22NO3P/c1-4-15-20(17(2)16-18-11-7-5-8-12-18)24(21,22-3)23-19-13-9-6-10-14-19/h1,5-14,17H,15-16H2,2-3H3/t17-,24?/m1/s1. The summed E-state index contributed by atoms with van der Waals surface area (Å²) in [6, 6.07) is 18.8. The van der Waals surface area contributed by atoms with E-state index in [-0.39, 0.29) is 12.6 Å². The molecule has 0 aliphatic rings. The van der Waals surface area contributed by atoms with E-state index in [1.165, 1.54) is 7.11 Å². The van der Waals surface area contributed by atoms with Crippen molar-refractivity contribution in [2.75, 3.05) is 13.7 Å². The fourth-order valence-corrected chi connectivity index (χ4v) is 4.04. The zero-order chi connectivity index (χ0) is 17.4. The van der Waals surface area contributed by atoms with Gasteiger partial charge in [-0.2, -0.15) is 4.67 Å². The molecule has 0 heterocycles. The largest absolute Gasteiger partial charge is 0.462 e. The molecule has 2 aromatic rings. The first kappa shape index (κ1) is 18.3. The van der Waals surface area contributed by atoms with Crippen molar-refractivity contribution in [1.29, 1.82) is 0 Å². The van der Waals surface area contributed by atoms with E-state index in [1.807, 2.05) is 55.5 Å². The highest BCUT2D eigenvalue weighted by Crippen LogP contribution is 2.52. The minimum Gasteiger partial charge on any atom is -0.413 e. The van der Waals surface area contributed by atoms with E-state index in [0.29, 0.717) is 12.2 Å². The lowest BCUT2D eigenvalue weighted by atomic mass is 10.1. The Labute approximate surface area is 144 Å². The van der Waals surface area contributed by atoms with Crippen molar-refractivity contribution in [2.24, 2.45) is 0 Å². The van der Waals surface area contributed by atoms with Gasteiger partial charge in [-0.15, -0.1) is 6.42 Å². The van der Waals surface area contributed by atoms with Gasteiger partial charge in [0.2, 0.25) is 0 Å². The Hall–Kier alpha value is -2.05. The van der Waals surface area contributed by atoms with Gasteiger partial charge in [-0.3, -0.25) is 4.52 Å². The van der Waals surface area contributed by atoms with Crippen LogP contribution in [0.2, 0.25) is 0 Å². The summed E-state index contributed by atoms with van der Waals surface area (Å²) >= 11 is 0. The second-order valence-electron chi connectivity index (χ2n) is 5.40. The number of benzene rings is 2. The van der Waals surface area contributed by atoms with Crippen LogP contribution in [-0.2, 0) is 15.5 Å². The molecule has 0 aliphatic heterocycles. The Kier molecular flexibility index (Phi) is 6.63. The lowest BCUT2D eigenvalue weighted by Crippen LogP contribution is -2.34. The van der Waals surface area contributed by atoms with E-state index in [4.69, 9.17) is 15.5 Å². The van der Waals surface area contributed by atoms with Crippen LogP contribution in [-0.4, -0.2) is 24.4 Å². The molecule has 0 fully saturated rings. The molecule has 0 saturated carbocycles. The summed E-state index contributed by atoms with van der Waals surface area (Å²) in [5.74, 6) is 3.04. The minimum absolute atomic E-state index is 0.113. The third kappa shape index (κ3) is 4.72. The molecule has 0 N–H and O–H groups in total. The maximum absolute atomic E-state index is 13.3. The molecule has 4 nitrogen and oxygen atoms in total. The van der Waals surface area contributed by atoms with Gasteiger partial charge in [-0.05, 0) is 31.0 Å². The molecule has 126 valence electrons. The van der Waals surface area contributed by atoms with Crippen molar-refractivity contribution >= 4 is 7.75 Å². The van der Waals surface area contributed by atoms with Gasteiger partial charge in [-0.25, -0.2) is 4.57 Å². The first-order chi connectivity index (χ1) is 11.6. The molecule has 0 aromatic heterocycles. The molecule has 0 spiro atoms. The van der Waals surface area contributed by atoms with Crippen LogP contribution in [0.1, 0.15) is 12.5 Å². The van der Waals surface area contributed by atoms with Gasteiger partial charge in [-0.1, -0.05) is 54.5 Å². The second kappa shape index (κ2) is 8.70. The highest BCUT2D eigenvalue weighted by atomic mass is 31.2. The summed E-state index contributed by atoms with van der Waals surface area (Å²) in [6.07, 6.45) is 6.17. The van der Waals surface area contributed by atoms with Crippen molar-refractivity contribution in [1.82, 2.24) is 4.67 Å². The molecule has 0 amide bonds. The Bertz CT molecular complexity index is 712. The molecular formula is C19H22NO3P. The highest BCUT2D eigenvalue weighted by molar-refractivity contribution is 7.51.